The molecular weight excluding hydrogens is 282 g/mol. The third-order valence-corrected chi connectivity index (χ3v) is 3.91. The number of nitrogens with zero attached hydrogens (tertiary/aromatic N) is 1. The fraction of sp³-hybridized carbons (Fsp3) is 1.00. The molecule has 120 valence electrons. The Kier molecular flexibility index (Phi) is 3.49. The molecule has 0 unspecified atom stereocenters. The van der Waals surface area contributed by atoms with Crippen molar-refractivity contribution < 1.29 is 28.6 Å². The molecule has 3 aliphatic heterocycles. The van der Waals surface area contributed by atoms with Crippen LogP contribution in [0.5, 0.6) is 0 Å². The molecule has 0 aromatic heterocycles. The topological polar surface area (TPSA) is 89.3 Å². The quantitative estimate of drug-likeness (QED) is 0.548. The lowest BCUT2D eigenvalue weighted by Crippen LogP contribution is -2.64. The molecule has 8 heteroatoms. The van der Waals surface area contributed by atoms with Gasteiger partial charge in [0.05, 0.1) is 6.61 Å². The van der Waals surface area contributed by atoms with E-state index in [1.807, 2.05) is 13.8 Å². The SMILES string of the molecule is CC1(C)O[C@@H]2[C@H](O1)[C@H](C[N+](=O)[O-])O[C@@H]1COC(C)(C)O[C@@H]21. The smallest absolute Gasteiger partial charge is 0.232 e. The van der Waals surface area contributed by atoms with Gasteiger partial charge in [-0.2, -0.15) is 0 Å². The van der Waals surface area contributed by atoms with Gasteiger partial charge in [-0.25, -0.2) is 0 Å². The summed E-state index contributed by atoms with van der Waals surface area (Å²) in [5, 5.41) is 10.8. The molecule has 21 heavy (non-hydrogen) atoms. The lowest BCUT2D eigenvalue weighted by atomic mass is 9.94. The highest BCUT2D eigenvalue weighted by atomic mass is 16.8. The van der Waals surface area contributed by atoms with Crippen LogP contribution in [0.1, 0.15) is 27.7 Å². The van der Waals surface area contributed by atoms with Crippen LogP contribution in [0.15, 0.2) is 0 Å². The fourth-order valence-corrected chi connectivity index (χ4v) is 3.17. The van der Waals surface area contributed by atoms with E-state index in [9.17, 15) is 10.1 Å². The summed E-state index contributed by atoms with van der Waals surface area (Å²) in [6.07, 6.45) is -2.32. The zero-order chi connectivity index (χ0) is 15.4. The van der Waals surface area contributed by atoms with Gasteiger partial charge in [-0.15, -0.1) is 0 Å². The maximum absolute atomic E-state index is 10.8. The van der Waals surface area contributed by atoms with E-state index in [1.54, 1.807) is 13.8 Å². The summed E-state index contributed by atoms with van der Waals surface area (Å²) in [6.45, 7) is 7.21. The molecule has 0 amide bonds. The van der Waals surface area contributed by atoms with E-state index in [2.05, 4.69) is 0 Å². The third-order valence-electron chi connectivity index (χ3n) is 3.91. The number of nitro groups is 1. The van der Waals surface area contributed by atoms with E-state index in [-0.39, 0.29) is 18.8 Å². The summed E-state index contributed by atoms with van der Waals surface area (Å²) < 4.78 is 29.0. The lowest BCUT2D eigenvalue weighted by molar-refractivity contribution is -0.500. The third kappa shape index (κ3) is 2.91. The van der Waals surface area contributed by atoms with Crippen LogP contribution in [0.3, 0.4) is 0 Å². The van der Waals surface area contributed by atoms with Crippen molar-refractivity contribution in [1.29, 1.82) is 0 Å². The highest BCUT2D eigenvalue weighted by Crippen LogP contribution is 2.41. The minimum absolute atomic E-state index is 0.318. The summed E-state index contributed by atoms with van der Waals surface area (Å²) in [5.74, 6) is -1.55. The van der Waals surface area contributed by atoms with Gasteiger partial charge in [-0.1, -0.05) is 0 Å². The van der Waals surface area contributed by atoms with E-state index in [4.69, 9.17) is 23.7 Å². The summed E-state index contributed by atoms with van der Waals surface area (Å²) in [7, 11) is 0. The average Bonchev–Trinajstić information content (AvgIpc) is 2.65. The van der Waals surface area contributed by atoms with Crippen LogP contribution in [0, 0.1) is 10.1 Å². The van der Waals surface area contributed by atoms with Crippen molar-refractivity contribution in [2.45, 2.75) is 69.8 Å². The van der Waals surface area contributed by atoms with Crippen LogP contribution >= 0.6 is 0 Å². The molecule has 3 rings (SSSR count). The Morgan fingerprint density at radius 3 is 2.33 bits per heavy atom. The van der Waals surface area contributed by atoms with E-state index >= 15 is 0 Å². The number of ether oxygens (including phenoxy) is 5. The van der Waals surface area contributed by atoms with Gasteiger partial charge in [0, 0.05) is 4.92 Å². The second-order valence-corrected chi connectivity index (χ2v) is 6.59. The van der Waals surface area contributed by atoms with Crippen molar-refractivity contribution in [3.63, 3.8) is 0 Å². The molecule has 3 saturated heterocycles. The molecule has 0 saturated carbocycles. The second kappa shape index (κ2) is 4.85. The lowest BCUT2D eigenvalue weighted by Gasteiger charge is -2.47. The molecule has 0 bridgehead atoms. The number of fused-ring (bicyclic) bond motifs is 3. The van der Waals surface area contributed by atoms with Crippen LogP contribution in [-0.4, -0.2) is 60.2 Å². The zero-order valence-corrected chi connectivity index (χ0v) is 12.6. The van der Waals surface area contributed by atoms with Crippen molar-refractivity contribution in [2.75, 3.05) is 13.2 Å². The monoisotopic (exact) mass is 303 g/mol. The summed E-state index contributed by atoms with van der Waals surface area (Å²) in [5.41, 5.74) is 0. The predicted molar refractivity (Wildman–Crippen MR) is 69.3 cm³/mol. The van der Waals surface area contributed by atoms with Crippen LogP contribution in [-0.2, 0) is 23.7 Å². The summed E-state index contributed by atoms with van der Waals surface area (Å²) in [4.78, 5) is 10.4. The highest BCUT2D eigenvalue weighted by molar-refractivity contribution is 5.01. The minimum atomic E-state index is -0.811. The molecule has 0 radical (unpaired) electrons. The van der Waals surface area contributed by atoms with Gasteiger partial charge < -0.3 is 23.7 Å². The van der Waals surface area contributed by atoms with Crippen LogP contribution in [0.25, 0.3) is 0 Å². The highest BCUT2D eigenvalue weighted by Gasteiger charge is 2.59. The first-order valence-electron chi connectivity index (χ1n) is 7.11. The van der Waals surface area contributed by atoms with E-state index in [1.165, 1.54) is 0 Å². The van der Waals surface area contributed by atoms with Crippen molar-refractivity contribution in [1.82, 2.24) is 0 Å². The summed E-state index contributed by atoms with van der Waals surface area (Å²) >= 11 is 0. The summed E-state index contributed by atoms with van der Waals surface area (Å²) in [6, 6.07) is 0. The molecule has 0 aromatic rings. The van der Waals surface area contributed by atoms with Crippen molar-refractivity contribution in [2.24, 2.45) is 0 Å². The van der Waals surface area contributed by atoms with Gasteiger partial charge in [0.25, 0.3) is 0 Å². The largest absolute Gasteiger partial charge is 0.360 e. The molecule has 0 spiro atoms. The van der Waals surface area contributed by atoms with Crippen LogP contribution in [0.2, 0.25) is 0 Å². The Labute approximate surface area is 122 Å². The molecule has 3 heterocycles. The number of hydrogen-bond donors (Lipinski definition) is 0. The minimum Gasteiger partial charge on any atom is -0.360 e. The predicted octanol–water partition coefficient (Wildman–Crippen LogP) is 0.702. The number of rotatable bonds is 2. The standard InChI is InChI=1S/C13H21NO7/c1-12(2)17-6-8-10(19-12)11-9(20-13(3,4)21-11)7(18-8)5-14(15)16/h7-11H,5-6H2,1-4H3/t7-,8+,9+,10+,11+/m0/s1. The molecule has 8 nitrogen and oxygen atoms in total. The van der Waals surface area contributed by atoms with E-state index < -0.39 is 34.8 Å². The van der Waals surface area contributed by atoms with Gasteiger partial charge in [0.15, 0.2) is 17.7 Å². The normalized spacial score (nSPS) is 43.9. The Bertz CT molecular complexity index is 438. The molecular formula is C13H21NO7. The first-order chi connectivity index (χ1) is 9.67. The molecule has 5 atom stereocenters. The zero-order valence-electron chi connectivity index (χ0n) is 12.6. The van der Waals surface area contributed by atoms with Crippen molar-refractivity contribution >= 4 is 0 Å². The van der Waals surface area contributed by atoms with Gasteiger partial charge in [-0.3, -0.25) is 10.1 Å². The Morgan fingerprint density at radius 2 is 1.67 bits per heavy atom. The fourth-order valence-electron chi connectivity index (χ4n) is 3.17. The van der Waals surface area contributed by atoms with Crippen molar-refractivity contribution in [3.05, 3.63) is 10.1 Å². The number of hydrogen-bond acceptors (Lipinski definition) is 7. The van der Waals surface area contributed by atoms with Gasteiger partial charge in [0.1, 0.15) is 24.4 Å². The first kappa shape index (κ1) is 15.1. The Balaban J connectivity index is 1.84. The maximum Gasteiger partial charge on any atom is 0.232 e. The molecule has 0 aliphatic carbocycles. The van der Waals surface area contributed by atoms with Gasteiger partial charge in [-0.05, 0) is 27.7 Å². The average molecular weight is 303 g/mol. The Morgan fingerprint density at radius 1 is 1.05 bits per heavy atom. The van der Waals surface area contributed by atoms with Gasteiger partial charge >= 0.3 is 0 Å². The van der Waals surface area contributed by atoms with E-state index in [0.29, 0.717) is 6.61 Å². The van der Waals surface area contributed by atoms with Crippen molar-refractivity contribution in [3.8, 4) is 0 Å². The molecule has 0 N–H and O–H groups in total. The molecule has 0 aromatic carbocycles. The van der Waals surface area contributed by atoms with E-state index in [0.717, 1.165) is 0 Å². The Hall–Kier alpha value is -0.800. The first-order valence-corrected chi connectivity index (χ1v) is 7.11. The maximum atomic E-state index is 10.8. The molecule has 3 aliphatic rings. The van der Waals surface area contributed by atoms with Crippen LogP contribution < -0.4 is 0 Å². The molecule has 3 fully saturated rings. The van der Waals surface area contributed by atoms with Crippen LogP contribution in [0.4, 0.5) is 0 Å². The van der Waals surface area contributed by atoms with Gasteiger partial charge in [0.2, 0.25) is 6.54 Å². The second-order valence-electron chi connectivity index (χ2n) is 6.59.